The van der Waals surface area contributed by atoms with Crippen LogP contribution >= 0.6 is 22.7 Å². The van der Waals surface area contributed by atoms with Crippen molar-refractivity contribution in [3.05, 3.63) is 41.3 Å². The van der Waals surface area contributed by atoms with Crippen LogP contribution in [0.3, 0.4) is 0 Å². The minimum absolute atomic E-state index is 0.192. The smallest absolute Gasteiger partial charge is 0.349 e. The van der Waals surface area contributed by atoms with Gasteiger partial charge in [0, 0.05) is 18.8 Å². The van der Waals surface area contributed by atoms with Gasteiger partial charge in [0.1, 0.15) is 9.71 Å². The van der Waals surface area contributed by atoms with Gasteiger partial charge in [-0.15, -0.1) is 11.3 Å². The number of amides is 1. The van der Waals surface area contributed by atoms with Crippen LogP contribution in [0.15, 0.2) is 36.4 Å². The fraction of sp³-hybridized carbons (Fsp3) is 0.316. The van der Waals surface area contributed by atoms with Crippen LogP contribution in [0.1, 0.15) is 16.6 Å². The van der Waals surface area contributed by atoms with Gasteiger partial charge < -0.3 is 19.7 Å². The first-order valence-corrected chi connectivity index (χ1v) is 10.5. The summed E-state index contributed by atoms with van der Waals surface area (Å²) in [5.41, 5.74) is 0.957. The quantitative estimate of drug-likeness (QED) is 0.640. The summed E-state index contributed by atoms with van der Waals surface area (Å²) in [5, 5.41) is 4.02. The fourth-order valence-corrected chi connectivity index (χ4v) is 4.86. The number of morpholine rings is 1. The van der Waals surface area contributed by atoms with Crippen LogP contribution in [-0.2, 0) is 14.3 Å². The second-order valence-electron chi connectivity index (χ2n) is 6.28. The van der Waals surface area contributed by atoms with Crippen molar-refractivity contribution in [2.24, 2.45) is 0 Å². The van der Waals surface area contributed by atoms with Crippen LogP contribution in [-0.4, -0.2) is 54.2 Å². The molecular formula is C19H19N3O4S2. The van der Waals surface area contributed by atoms with Gasteiger partial charge >= 0.3 is 5.97 Å². The van der Waals surface area contributed by atoms with Gasteiger partial charge in [-0.05, 0) is 25.1 Å². The van der Waals surface area contributed by atoms with Gasteiger partial charge in [0.15, 0.2) is 11.2 Å². The standard InChI is InChI=1S/C19H19N3O4S2/c1-12(17(23)22-7-9-25-10-8-22)26-18(24)15-11-14-16(27-15)21-19(28-14)20-13-5-3-2-4-6-13/h2-6,11-12H,7-10H2,1H3,(H,20,21). The van der Waals surface area contributed by atoms with Crippen LogP contribution < -0.4 is 5.32 Å². The molecule has 1 atom stereocenters. The van der Waals surface area contributed by atoms with E-state index in [1.54, 1.807) is 17.9 Å². The second kappa shape index (κ2) is 8.26. The van der Waals surface area contributed by atoms with Gasteiger partial charge in [0.05, 0.1) is 17.9 Å². The number of thiazole rings is 1. The summed E-state index contributed by atoms with van der Waals surface area (Å²) in [5.74, 6) is -0.690. The number of hydrogen-bond donors (Lipinski definition) is 1. The van der Waals surface area contributed by atoms with Crippen molar-refractivity contribution in [1.29, 1.82) is 0 Å². The maximum Gasteiger partial charge on any atom is 0.349 e. The molecule has 1 amide bonds. The third kappa shape index (κ3) is 4.16. The van der Waals surface area contributed by atoms with Crippen LogP contribution in [0, 0.1) is 0 Å². The summed E-state index contributed by atoms with van der Waals surface area (Å²) in [4.78, 5) is 32.2. The summed E-state index contributed by atoms with van der Waals surface area (Å²) in [6.07, 6.45) is -0.825. The average molecular weight is 418 g/mol. The molecule has 9 heteroatoms. The highest BCUT2D eigenvalue weighted by atomic mass is 32.1. The van der Waals surface area contributed by atoms with E-state index in [1.165, 1.54) is 22.7 Å². The Morgan fingerprint density at radius 2 is 1.96 bits per heavy atom. The lowest BCUT2D eigenvalue weighted by Crippen LogP contribution is -2.46. The largest absolute Gasteiger partial charge is 0.448 e. The monoisotopic (exact) mass is 417 g/mol. The van der Waals surface area contributed by atoms with Crippen molar-refractivity contribution in [2.45, 2.75) is 13.0 Å². The molecule has 146 valence electrons. The highest BCUT2D eigenvalue weighted by Gasteiger charge is 2.26. The van der Waals surface area contributed by atoms with Crippen LogP contribution in [0.4, 0.5) is 10.8 Å². The Bertz CT molecular complexity index is 948. The van der Waals surface area contributed by atoms with Gasteiger partial charge in [-0.2, -0.15) is 0 Å². The van der Waals surface area contributed by atoms with Crippen molar-refractivity contribution in [1.82, 2.24) is 9.88 Å². The molecule has 1 fully saturated rings. The number of rotatable bonds is 5. The van der Waals surface area contributed by atoms with E-state index in [0.717, 1.165) is 20.3 Å². The van der Waals surface area contributed by atoms with E-state index < -0.39 is 12.1 Å². The van der Waals surface area contributed by atoms with E-state index in [0.29, 0.717) is 31.2 Å². The lowest BCUT2D eigenvalue weighted by molar-refractivity contribution is -0.143. The molecule has 1 N–H and O–H groups in total. The average Bonchev–Trinajstić information content (AvgIpc) is 3.27. The first-order valence-electron chi connectivity index (χ1n) is 8.90. The Morgan fingerprint density at radius 1 is 1.21 bits per heavy atom. The Hall–Kier alpha value is -2.49. The minimum Gasteiger partial charge on any atom is -0.448 e. The van der Waals surface area contributed by atoms with Crippen molar-refractivity contribution in [3.8, 4) is 0 Å². The molecule has 28 heavy (non-hydrogen) atoms. The Labute approximate surface area is 169 Å². The number of anilines is 2. The molecule has 3 aromatic rings. The summed E-state index contributed by atoms with van der Waals surface area (Å²) in [6.45, 7) is 3.68. The third-order valence-electron chi connectivity index (χ3n) is 4.27. The summed E-state index contributed by atoms with van der Waals surface area (Å²) < 4.78 is 11.5. The number of fused-ring (bicyclic) bond motifs is 1. The van der Waals surface area contributed by atoms with E-state index in [1.807, 2.05) is 30.3 Å². The number of hydrogen-bond acceptors (Lipinski definition) is 8. The second-order valence-corrected chi connectivity index (χ2v) is 8.34. The molecule has 0 radical (unpaired) electrons. The lowest BCUT2D eigenvalue weighted by Gasteiger charge is -2.28. The van der Waals surface area contributed by atoms with Gasteiger partial charge in [0.25, 0.3) is 5.91 Å². The predicted molar refractivity (Wildman–Crippen MR) is 109 cm³/mol. The molecular weight excluding hydrogens is 398 g/mol. The summed E-state index contributed by atoms with van der Waals surface area (Å²) in [6, 6.07) is 11.5. The number of para-hydroxylation sites is 1. The zero-order valence-electron chi connectivity index (χ0n) is 15.2. The highest BCUT2D eigenvalue weighted by Crippen LogP contribution is 2.34. The normalized spacial score (nSPS) is 15.4. The van der Waals surface area contributed by atoms with Crippen molar-refractivity contribution < 1.29 is 19.1 Å². The SMILES string of the molecule is CC(OC(=O)c1cc2sc(Nc3ccccc3)nc2s1)C(=O)N1CCOCC1. The maximum absolute atomic E-state index is 12.4. The molecule has 3 heterocycles. The topological polar surface area (TPSA) is 80.8 Å². The van der Waals surface area contributed by atoms with E-state index in [4.69, 9.17) is 9.47 Å². The highest BCUT2D eigenvalue weighted by molar-refractivity contribution is 7.29. The van der Waals surface area contributed by atoms with Gasteiger partial charge in [-0.3, -0.25) is 4.79 Å². The number of benzene rings is 1. The fourth-order valence-electron chi connectivity index (χ4n) is 2.84. The van der Waals surface area contributed by atoms with E-state index in [9.17, 15) is 9.59 Å². The Balaban J connectivity index is 1.40. The van der Waals surface area contributed by atoms with E-state index in [2.05, 4.69) is 10.3 Å². The number of carbonyl (C=O) groups is 2. The van der Waals surface area contributed by atoms with Crippen LogP contribution in [0.2, 0.25) is 0 Å². The molecule has 0 spiro atoms. The van der Waals surface area contributed by atoms with Gasteiger partial charge in [0.2, 0.25) is 0 Å². The lowest BCUT2D eigenvalue weighted by atomic mass is 10.3. The Morgan fingerprint density at radius 3 is 2.68 bits per heavy atom. The number of thiophene rings is 1. The Kier molecular flexibility index (Phi) is 5.56. The first kappa shape index (κ1) is 18.9. The van der Waals surface area contributed by atoms with E-state index in [-0.39, 0.29) is 5.91 Å². The molecule has 0 bridgehead atoms. The van der Waals surface area contributed by atoms with Gasteiger partial charge in [-0.25, -0.2) is 9.78 Å². The van der Waals surface area contributed by atoms with Gasteiger partial charge in [-0.1, -0.05) is 29.5 Å². The van der Waals surface area contributed by atoms with Crippen molar-refractivity contribution >= 4 is 54.9 Å². The predicted octanol–water partition coefficient (Wildman–Crippen LogP) is 3.51. The van der Waals surface area contributed by atoms with E-state index >= 15 is 0 Å². The molecule has 1 aromatic carbocycles. The molecule has 7 nitrogen and oxygen atoms in total. The summed E-state index contributed by atoms with van der Waals surface area (Å²) in [7, 11) is 0. The zero-order valence-corrected chi connectivity index (χ0v) is 16.8. The molecule has 1 saturated heterocycles. The van der Waals surface area contributed by atoms with Crippen molar-refractivity contribution in [2.75, 3.05) is 31.6 Å². The van der Waals surface area contributed by atoms with Crippen LogP contribution in [0.5, 0.6) is 0 Å². The number of nitrogens with zero attached hydrogens (tertiary/aromatic N) is 2. The number of ether oxygens (including phenoxy) is 2. The van der Waals surface area contributed by atoms with Crippen molar-refractivity contribution in [3.63, 3.8) is 0 Å². The molecule has 1 aliphatic heterocycles. The molecule has 2 aromatic heterocycles. The number of nitrogens with one attached hydrogen (secondary N) is 1. The van der Waals surface area contributed by atoms with Crippen LogP contribution in [0.25, 0.3) is 9.53 Å². The molecule has 1 aliphatic rings. The summed E-state index contributed by atoms with van der Waals surface area (Å²) >= 11 is 2.74. The third-order valence-corrected chi connectivity index (χ3v) is 6.33. The minimum atomic E-state index is -0.825. The zero-order chi connectivity index (χ0) is 19.5. The number of esters is 1. The molecule has 0 aliphatic carbocycles. The molecule has 1 unspecified atom stereocenters. The maximum atomic E-state index is 12.4. The molecule has 4 rings (SSSR count). The first-order chi connectivity index (χ1) is 13.6. The molecule has 0 saturated carbocycles. The number of carbonyl (C=O) groups excluding carboxylic acids is 2. The number of aromatic nitrogens is 1.